The van der Waals surface area contributed by atoms with Crippen LogP contribution in [0.3, 0.4) is 0 Å². The van der Waals surface area contributed by atoms with Crippen molar-refractivity contribution in [1.29, 1.82) is 0 Å². The number of unbranched alkanes of at least 4 members (excludes halogenated alkanes) is 22. The van der Waals surface area contributed by atoms with E-state index in [1.807, 2.05) is 21.1 Å². The fraction of sp³-hybridized carbons (Fsp3) is 0.860. The maximum absolute atomic E-state index is 12.6. The summed E-state index contributed by atoms with van der Waals surface area (Å²) in [7, 11) is 0.929. The number of phosphoric acid groups is 1. The molecule has 0 aliphatic rings. The third-order valence-corrected chi connectivity index (χ3v) is 10.2. The molecule has 9 nitrogen and oxygen atoms in total. The summed E-state index contributed by atoms with van der Waals surface area (Å²) in [6.07, 6.45) is 38.0. The molecular weight excluding hydrogens is 689 g/mol. The molecule has 0 fully saturated rings. The van der Waals surface area contributed by atoms with Crippen LogP contribution in [0.2, 0.25) is 0 Å². The summed E-state index contributed by atoms with van der Waals surface area (Å²) in [5, 5.41) is 0. The lowest BCUT2D eigenvalue weighted by Gasteiger charge is -2.29. The van der Waals surface area contributed by atoms with Crippen molar-refractivity contribution in [2.75, 3.05) is 40.9 Å². The smallest absolute Gasteiger partial charge is 0.308 e. The molecule has 0 amide bonds. The van der Waals surface area contributed by atoms with Gasteiger partial charge in [0.05, 0.1) is 21.1 Å². The number of nitrogens with zero attached hydrogens (tertiary/aromatic N) is 1. The van der Waals surface area contributed by atoms with Gasteiger partial charge in [-0.25, -0.2) is 0 Å². The molecule has 0 radical (unpaired) electrons. The van der Waals surface area contributed by atoms with Gasteiger partial charge in [-0.1, -0.05) is 141 Å². The van der Waals surface area contributed by atoms with E-state index in [4.69, 9.17) is 18.5 Å². The lowest BCUT2D eigenvalue weighted by atomic mass is 10.1. The Hall–Kier alpha value is -1.51. The van der Waals surface area contributed by atoms with Gasteiger partial charge in [-0.15, -0.1) is 0 Å². The molecule has 0 aromatic rings. The third-order valence-electron chi connectivity index (χ3n) is 9.19. The molecule has 1 unspecified atom stereocenters. The van der Waals surface area contributed by atoms with Gasteiger partial charge in [0.25, 0.3) is 7.82 Å². The maximum atomic E-state index is 12.6. The van der Waals surface area contributed by atoms with E-state index in [2.05, 4.69) is 38.2 Å². The maximum Gasteiger partial charge on any atom is 0.308 e. The largest absolute Gasteiger partial charge is 0.756 e. The van der Waals surface area contributed by atoms with Gasteiger partial charge < -0.3 is 23.4 Å². The predicted molar refractivity (Wildman–Crippen MR) is 217 cm³/mol. The molecule has 2 atom stereocenters. The second kappa shape index (κ2) is 36.1. The zero-order valence-corrected chi connectivity index (χ0v) is 35.9. The van der Waals surface area contributed by atoms with Gasteiger partial charge in [0, 0.05) is 12.8 Å². The molecule has 0 saturated heterocycles. The highest BCUT2D eigenvalue weighted by Gasteiger charge is 2.24. The minimum absolute atomic E-state index is 0.0882. The molecule has 0 aliphatic heterocycles. The zero-order valence-electron chi connectivity index (χ0n) is 35.0. The predicted octanol–water partition coefficient (Wildman–Crippen LogP) is 11.7. The first-order valence-corrected chi connectivity index (χ1v) is 23.0. The number of hydrogen-bond acceptors (Lipinski definition) is 8. The van der Waals surface area contributed by atoms with Crippen molar-refractivity contribution in [3.05, 3.63) is 24.3 Å². The number of ether oxygens (including phenoxy) is 2. The molecule has 10 heteroatoms. The number of phosphoric ester groups is 1. The van der Waals surface area contributed by atoms with E-state index >= 15 is 0 Å². The first-order valence-electron chi connectivity index (χ1n) is 21.6. The van der Waals surface area contributed by atoms with Crippen LogP contribution in [0.1, 0.15) is 194 Å². The summed E-state index contributed by atoms with van der Waals surface area (Å²) in [4.78, 5) is 37.6. The third kappa shape index (κ3) is 40.0. The number of allylic oxidation sites excluding steroid dienone is 4. The molecule has 0 bridgehead atoms. The van der Waals surface area contributed by atoms with Crippen molar-refractivity contribution in [3.8, 4) is 0 Å². The van der Waals surface area contributed by atoms with Crippen LogP contribution in [-0.2, 0) is 32.7 Å². The van der Waals surface area contributed by atoms with Crippen LogP contribution in [0.25, 0.3) is 0 Å². The summed E-state index contributed by atoms with van der Waals surface area (Å²) in [5.41, 5.74) is 0. The Kier molecular flexibility index (Phi) is 35.1. The minimum atomic E-state index is -4.81. The molecule has 0 N–H and O–H groups in total. The number of rotatable bonds is 39. The van der Waals surface area contributed by atoms with Crippen molar-refractivity contribution >= 4 is 19.8 Å². The van der Waals surface area contributed by atoms with E-state index in [1.165, 1.54) is 89.9 Å². The van der Waals surface area contributed by atoms with E-state index in [1.54, 1.807) is 0 Å². The van der Waals surface area contributed by atoms with Gasteiger partial charge in [0.15, 0.2) is 6.61 Å². The summed E-state index contributed by atoms with van der Waals surface area (Å²) < 4.78 is 33.7. The highest BCUT2D eigenvalue weighted by Crippen LogP contribution is 2.40. The lowest BCUT2D eigenvalue weighted by molar-refractivity contribution is -0.870. The molecule has 0 saturated carbocycles. The average Bonchev–Trinajstić information content (AvgIpc) is 3.09. The summed E-state index contributed by atoms with van der Waals surface area (Å²) in [6.45, 7) is 4.33. The Morgan fingerprint density at radius 1 is 0.585 bits per heavy atom. The van der Waals surface area contributed by atoms with E-state index in [9.17, 15) is 19.0 Å². The summed E-state index contributed by atoms with van der Waals surface area (Å²) in [5.74, 6) is -1.07. The topological polar surface area (TPSA) is 111 Å². The van der Waals surface area contributed by atoms with Gasteiger partial charge in [-0.05, 0) is 64.2 Å². The van der Waals surface area contributed by atoms with Crippen LogP contribution in [-0.4, -0.2) is 63.6 Å². The number of esters is 2. The first kappa shape index (κ1) is 51.5. The van der Waals surface area contributed by atoms with Crippen LogP contribution >= 0.6 is 7.82 Å². The van der Waals surface area contributed by atoms with Crippen LogP contribution in [0, 0.1) is 0 Å². The van der Waals surface area contributed by atoms with Gasteiger partial charge in [-0.3, -0.25) is 18.7 Å². The first-order chi connectivity index (χ1) is 25.5. The van der Waals surface area contributed by atoms with E-state index < -0.39 is 32.7 Å². The fourth-order valence-corrected chi connectivity index (χ4v) is 6.56. The average molecular weight is 772 g/mol. The molecule has 0 aliphatic carbocycles. The minimum Gasteiger partial charge on any atom is -0.756 e. The van der Waals surface area contributed by atoms with Crippen molar-refractivity contribution in [2.45, 2.75) is 200 Å². The standard InChI is InChI=1S/C43H82NO8P/c1-6-8-10-12-14-16-18-20-22-24-26-28-30-32-34-36-41(45)49-40-43(52-53(47,48)50-39-38-44(3,4)5)51-42(46)37-35-33-31-29-27-25-23-21-19-17-15-13-11-9-7-2/h20-23,43H,6-19,24-40H2,1-5H3/b22-20-,23-21-/t43-/m0/s1. The monoisotopic (exact) mass is 772 g/mol. The highest BCUT2D eigenvalue weighted by atomic mass is 31.2. The summed E-state index contributed by atoms with van der Waals surface area (Å²) >= 11 is 0. The lowest BCUT2D eigenvalue weighted by Crippen LogP contribution is -2.38. The highest BCUT2D eigenvalue weighted by molar-refractivity contribution is 7.45. The molecule has 0 rings (SSSR count). The van der Waals surface area contributed by atoms with Crippen molar-refractivity contribution in [3.63, 3.8) is 0 Å². The van der Waals surface area contributed by atoms with E-state index in [-0.39, 0.29) is 19.4 Å². The second-order valence-corrected chi connectivity index (χ2v) is 17.0. The molecular formula is C43H82NO8P. The molecule has 0 aromatic carbocycles. The van der Waals surface area contributed by atoms with Gasteiger partial charge in [0.2, 0.25) is 6.29 Å². The molecule has 53 heavy (non-hydrogen) atoms. The Morgan fingerprint density at radius 3 is 1.38 bits per heavy atom. The quantitative estimate of drug-likeness (QED) is 0.0152. The van der Waals surface area contributed by atoms with Gasteiger partial charge in [0.1, 0.15) is 13.2 Å². The molecule has 0 heterocycles. The van der Waals surface area contributed by atoms with Crippen LogP contribution in [0.4, 0.5) is 0 Å². The Balaban J connectivity index is 4.36. The van der Waals surface area contributed by atoms with Crippen molar-refractivity contribution < 1.29 is 42.1 Å². The second-order valence-electron chi connectivity index (χ2n) is 15.7. The SMILES string of the molecule is CCCCCCCC/C=C\CCCCCCCC(=O)OC[C@@H](OC(=O)CCCCCCC/C=C\CCCCCCCC)OP(=O)([O-])OCC[N+](C)(C)C. The van der Waals surface area contributed by atoms with E-state index in [0.29, 0.717) is 23.9 Å². The molecule has 0 aromatic heterocycles. The summed E-state index contributed by atoms with van der Waals surface area (Å²) in [6, 6.07) is 0. The van der Waals surface area contributed by atoms with Gasteiger partial charge >= 0.3 is 11.9 Å². The van der Waals surface area contributed by atoms with Crippen molar-refractivity contribution in [1.82, 2.24) is 0 Å². The Morgan fingerprint density at radius 2 is 0.962 bits per heavy atom. The Bertz CT molecular complexity index is 964. The number of carbonyl (C=O) groups excluding carboxylic acids is 2. The fourth-order valence-electron chi connectivity index (χ4n) is 5.81. The number of carbonyl (C=O) groups is 2. The number of likely N-dealkylation sites (N-methyl/N-ethyl adjacent to an activating group) is 1. The normalized spacial score (nSPS) is 13.8. The number of quaternary nitrogens is 1. The number of hydrogen-bond donors (Lipinski definition) is 0. The van der Waals surface area contributed by atoms with Crippen molar-refractivity contribution in [2.24, 2.45) is 0 Å². The van der Waals surface area contributed by atoms with Crippen LogP contribution in [0.15, 0.2) is 24.3 Å². The van der Waals surface area contributed by atoms with Crippen LogP contribution in [0.5, 0.6) is 0 Å². The molecule has 312 valence electrons. The zero-order chi connectivity index (χ0) is 39.3. The Labute approximate surface area is 326 Å². The van der Waals surface area contributed by atoms with E-state index in [0.717, 1.165) is 64.2 Å². The van der Waals surface area contributed by atoms with Crippen LogP contribution < -0.4 is 4.89 Å². The molecule has 0 spiro atoms. The van der Waals surface area contributed by atoms with Gasteiger partial charge in [-0.2, -0.15) is 0 Å².